The van der Waals surface area contributed by atoms with Crippen LogP contribution in [0, 0.1) is 13.8 Å². The van der Waals surface area contributed by atoms with Gasteiger partial charge in [0.05, 0.1) is 19.7 Å². The molecular formula is C16H20N2O3. The number of benzene rings is 1. The molecule has 0 bridgehead atoms. The fourth-order valence-corrected chi connectivity index (χ4v) is 3.49. The summed E-state index contributed by atoms with van der Waals surface area (Å²) < 4.78 is 5.34. The van der Waals surface area contributed by atoms with E-state index in [1.54, 1.807) is 12.0 Å². The van der Waals surface area contributed by atoms with Crippen molar-refractivity contribution in [3.8, 4) is 5.75 Å². The van der Waals surface area contributed by atoms with Crippen molar-refractivity contribution in [3.63, 3.8) is 0 Å². The first kappa shape index (κ1) is 13.9. The topological polar surface area (TPSA) is 58.6 Å². The molecule has 0 spiro atoms. The SMILES string of the molecule is COc1ccc([C@H]2CC[C@H]3C(=O)NCC(=O)N23)c(C)c1C. The molecule has 2 heterocycles. The van der Waals surface area contributed by atoms with Crippen molar-refractivity contribution in [1.29, 1.82) is 0 Å². The Bertz CT molecular complexity index is 612. The van der Waals surface area contributed by atoms with Gasteiger partial charge in [0.25, 0.3) is 0 Å². The standard InChI is InChI=1S/C16H20N2O3/c1-9-10(2)14(21-3)7-4-11(9)12-5-6-13-16(20)17-8-15(19)18(12)13/h4,7,12-13H,5-6,8H2,1-3H3,(H,17,20)/t12-,13+/m1/s1. The minimum Gasteiger partial charge on any atom is -0.496 e. The van der Waals surface area contributed by atoms with Crippen LogP contribution in [0.3, 0.4) is 0 Å². The van der Waals surface area contributed by atoms with Crippen LogP contribution in [0.1, 0.15) is 35.6 Å². The fraction of sp³-hybridized carbons (Fsp3) is 0.500. The van der Waals surface area contributed by atoms with Gasteiger partial charge in [-0.3, -0.25) is 9.59 Å². The number of ether oxygens (including phenoxy) is 1. The quantitative estimate of drug-likeness (QED) is 0.896. The Morgan fingerprint density at radius 3 is 2.57 bits per heavy atom. The van der Waals surface area contributed by atoms with Gasteiger partial charge in [-0.2, -0.15) is 0 Å². The zero-order chi connectivity index (χ0) is 15.1. The number of rotatable bonds is 2. The number of amides is 2. The lowest BCUT2D eigenvalue weighted by molar-refractivity contribution is -0.145. The number of hydrogen-bond donors (Lipinski definition) is 1. The molecule has 21 heavy (non-hydrogen) atoms. The average Bonchev–Trinajstić information content (AvgIpc) is 2.92. The van der Waals surface area contributed by atoms with Crippen molar-refractivity contribution in [2.75, 3.05) is 13.7 Å². The van der Waals surface area contributed by atoms with Gasteiger partial charge in [0, 0.05) is 0 Å². The van der Waals surface area contributed by atoms with Gasteiger partial charge < -0.3 is 15.0 Å². The zero-order valence-electron chi connectivity index (χ0n) is 12.6. The Kier molecular flexibility index (Phi) is 3.35. The van der Waals surface area contributed by atoms with Crippen LogP contribution in [0.2, 0.25) is 0 Å². The Hall–Kier alpha value is -2.04. The third-order valence-corrected chi connectivity index (χ3v) is 4.75. The highest BCUT2D eigenvalue weighted by atomic mass is 16.5. The maximum atomic E-state index is 12.2. The highest BCUT2D eigenvalue weighted by Gasteiger charge is 2.44. The molecule has 2 aliphatic heterocycles. The second-order valence-corrected chi connectivity index (χ2v) is 5.73. The summed E-state index contributed by atoms with van der Waals surface area (Å²) in [7, 11) is 1.66. The van der Waals surface area contributed by atoms with E-state index in [4.69, 9.17) is 4.74 Å². The van der Waals surface area contributed by atoms with E-state index in [1.807, 2.05) is 19.1 Å². The Labute approximate surface area is 124 Å². The van der Waals surface area contributed by atoms with E-state index in [9.17, 15) is 9.59 Å². The summed E-state index contributed by atoms with van der Waals surface area (Å²) >= 11 is 0. The lowest BCUT2D eigenvalue weighted by Gasteiger charge is -2.34. The molecule has 0 radical (unpaired) electrons. The first-order valence-corrected chi connectivity index (χ1v) is 7.27. The number of nitrogens with zero attached hydrogens (tertiary/aromatic N) is 1. The van der Waals surface area contributed by atoms with Crippen molar-refractivity contribution in [1.82, 2.24) is 10.2 Å². The van der Waals surface area contributed by atoms with Crippen LogP contribution in [0.4, 0.5) is 0 Å². The molecule has 1 N–H and O–H groups in total. The van der Waals surface area contributed by atoms with Crippen molar-refractivity contribution in [2.24, 2.45) is 0 Å². The molecule has 1 aromatic rings. The molecule has 0 saturated carbocycles. The number of methoxy groups -OCH3 is 1. The van der Waals surface area contributed by atoms with Crippen molar-refractivity contribution in [2.45, 2.75) is 38.8 Å². The molecule has 2 saturated heterocycles. The molecule has 2 aliphatic rings. The molecule has 2 fully saturated rings. The highest BCUT2D eigenvalue weighted by Crippen LogP contribution is 2.40. The van der Waals surface area contributed by atoms with E-state index < -0.39 is 0 Å². The molecule has 112 valence electrons. The normalized spacial score (nSPS) is 24.8. The Morgan fingerprint density at radius 1 is 1.14 bits per heavy atom. The lowest BCUT2D eigenvalue weighted by atomic mass is 9.95. The third kappa shape index (κ3) is 2.07. The van der Waals surface area contributed by atoms with E-state index in [1.165, 1.54) is 0 Å². The molecule has 2 atom stereocenters. The zero-order valence-corrected chi connectivity index (χ0v) is 12.6. The van der Waals surface area contributed by atoms with Crippen LogP contribution in [-0.2, 0) is 9.59 Å². The molecule has 3 rings (SSSR count). The first-order valence-electron chi connectivity index (χ1n) is 7.27. The summed E-state index contributed by atoms with van der Waals surface area (Å²) in [5.74, 6) is 0.837. The van der Waals surface area contributed by atoms with Gasteiger partial charge >= 0.3 is 0 Å². The predicted octanol–water partition coefficient (Wildman–Crippen LogP) is 1.47. The highest BCUT2D eigenvalue weighted by molar-refractivity contribution is 5.95. The second kappa shape index (κ2) is 5.06. The first-order chi connectivity index (χ1) is 10.0. The van der Waals surface area contributed by atoms with Crippen LogP contribution < -0.4 is 10.1 Å². The van der Waals surface area contributed by atoms with Gasteiger partial charge in [-0.1, -0.05) is 6.07 Å². The summed E-state index contributed by atoms with van der Waals surface area (Å²) in [6, 6.07) is 3.66. The Morgan fingerprint density at radius 2 is 1.86 bits per heavy atom. The van der Waals surface area contributed by atoms with Crippen molar-refractivity contribution < 1.29 is 14.3 Å². The minimum atomic E-state index is -0.307. The van der Waals surface area contributed by atoms with Gasteiger partial charge in [-0.15, -0.1) is 0 Å². The van der Waals surface area contributed by atoms with Gasteiger partial charge in [-0.05, 0) is 49.4 Å². The van der Waals surface area contributed by atoms with Gasteiger partial charge in [0.1, 0.15) is 11.8 Å². The fourth-order valence-electron chi connectivity index (χ4n) is 3.49. The Balaban J connectivity index is 2.00. The largest absolute Gasteiger partial charge is 0.496 e. The van der Waals surface area contributed by atoms with Crippen LogP contribution in [0.15, 0.2) is 12.1 Å². The van der Waals surface area contributed by atoms with Gasteiger partial charge in [-0.25, -0.2) is 0 Å². The van der Waals surface area contributed by atoms with Crippen LogP contribution in [0.25, 0.3) is 0 Å². The van der Waals surface area contributed by atoms with E-state index in [0.717, 1.165) is 35.3 Å². The van der Waals surface area contributed by atoms with Crippen molar-refractivity contribution in [3.05, 3.63) is 28.8 Å². The summed E-state index contributed by atoms with van der Waals surface area (Å²) in [5.41, 5.74) is 3.35. The number of piperazine rings is 1. The van der Waals surface area contributed by atoms with Crippen LogP contribution in [0.5, 0.6) is 5.75 Å². The number of hydrogen-bond acceptors (Lipinski definition) is 3. The maximum Gasteiger partial charge on any atom is 0.243 e. The number of nitrogens with one attached hydrogen (secondary N) is 1. The minimum absolute atomic E-state index is 0.00171. The molecule has 0 aromatic heterocycles. The van der Waals surface area contributed by atoms with E-state index >= 15 is 0 Å². The monoisotopic (exact) mass is 288 g/mol. The van der Waals surface area contributed by atoms with Crippen LogP contribution in [-0.4, -0.2) is 36.4 Å². The van der Waals surface area contributed by atoms with E-state index in [-0.39, 0.29) is 30.4 Å². The number of carbonyl (C=O) groups excluding carboxylic acids is 2. The van der Waals surface area contributed by atoms with Gasteiger partial charge in [0.15, 0.2) is 0 Å². The predicted molar refractivity (Wildman–Crippen MR) is 78.1 cm³/mol. The smallest absolute Gasteiger partial charge is 0.243 e. The maximum absolute atomic E-state index is 12.2. The van der Waals surface area contributed by atoms with E-state index in [0.29, 0.717) is 0 Å². The molecular weight excluding hydrogens is 268 g/mol. The number of fused-ring (bicyclic) bond motifs is 1. The molecule has 2 amide bonds. The van der Waals surface area contributed by atoms with Gasteiger partial charge in [0.2, 0.25) is 11.8 Å². The average molecular weight is 288 g/mol. The molecule has 5 heteroatoms. The van der Waals surface area contributed by atoms with Crippen molar-refractivity contribution >= 4 is 11.8 Å². The summed E-state index contributed by atoms with van der Waals surface area (Å²) in [4.78, 5) is 25.9. The van der Waals surface area contributed by atoms with Crippen LogP contribution >= 0.6 is 0 Å². The number of carbonyl (C=O) groups is 2. The molecule has 5 nitrogen and oxygen atoms in total. The summed E-state index contributed by atoms with van der Waals surface area (Å²) in [6.07, 6.45) is 1.56. The molecule has 0 aliphatic carbocycles. The summed E-state index contributed by atoms with van der Waals surface area (Å²) in [5, 5.41) is 2.67. The van der Waals surface area contributed by atoms with E-state index in [2.05, 4.69) is 12.2 Å². The molecule has 1 aromatic carbocycles. The summed E-state index contributed by atoms with van der Waals surface area (Å²) in [6.45, 7) is 4.18. The molecule has 0 unspecified atom stereocenters. The second-order valence-electron chi connectivity index (χ2n) is 5.73. The lowest BCUT2D eigenvalue weighted by Crippen LogP contribution is -2.56. The third-order valence-electron chi connectivity index (χ3n) is 4.75.